The maximum atomic E-state index is 12.5. The lowest BCUT2D eigenvalue weighted by molar-refractivity contribution is 0.0905. The largest absolute Gasteiger partial charge is 0.492 e. The molecule has 0 radical (unpaired) electrons. The van der Waals surface area contributed by atoms with E-state index in [0.29, 0.717) is 17.0 Å². The molecule has 1 aliphatic carbocycles. The molecule has 0 aromatic heterocycles. The predicted molar refractivity (Wildman–Crippen MR) is 104 cm³/mol. The first-order valence-corrected chi connectivity index (χ1v) is 9.65. The van der Waals surface area contributed by atoms with Crippen molar-refractivity contribution in [1.82, 2.24) is 5.32 Å². The number of hydrogen-bond donors (Lipinski definition) is 1. The van der Waals surface area contributed by atoms with Crippen LogP contribution in [-0.4, -0.2) is 18.6 Å². The summed E-state index contributed by atoms with van der Waals surface area (Å²) in [7, 11) is 0. The number of nitrogens with zero attached hydrogens (tertiary/aromatic N) is 1. The van der Waals surface area contributed by atoms with E-state index in [1.165, 1.54) is 5.56 Å². The van der Waals surface area contributed by atoms with Gasteiger partial charge in [-0.25, -0.2) is 0 Å². The van der Waals surface area contributed by atoms with Crippen LogP contribution in [0.3, 0.4) is 0 Å². The molecule has 2 aromatic rings. The molecular formula is C23H24N2O2. The maximum Gasteiger partial charge on any atom is 0.251 e. The number of amides is 1. The van der Waals surface area contributed by atoms with Gasteiger partial charge in [0.15, 0.2) is 0 Å². The molecule has 1 atom stereocenters. The molecule has 27 heavy (non-hydrogen) atoms. The molecule has 2 aromatic carbocycles. The van der Waals surface area contributed by atoms with Gasteiger partial charge in [-0.3, -0.25) is 4.79 Å². The van der Waals surface area contributed by atoms with Gasteiger partial charge in [0, 0.05) is 22.6 Å². The minimum Gasteiger partial charge on any atom is -0.492 e. The molecule has 1 unspecified atom stereocenters. The lowest BCUT2D eigenvalue weighted by Gasteiger charge is -2.38. The fourth-order valence-electron chi connectivity index (χ4n) is 4.53. The van der Waals surface area contributed by atoms with E-state index in [1.54, 1.807) is 24.3 Å². The van der Waals surface area contributed by atoms with Gasteiger partial charge in [0.05, 0.1) is 18.2 Å². The molecule has 4 rings (SSSR count). The van der Waals surface area contributed by atoms with Crippen molar-refractivity contribution < 1.29 is 9.53 Å². The molecule has 1 saturated carbocycles. The smallest absolute Gasteiger partial charge is 0.251 e. The average Bonchev–Trinajstić information content (AvgIpc) is 3.07. The second kappa shape index (κ2) is 7.08. The van der Waals surface area contributed by atoms with Crippen molar-refractivity contribution in [2.75, 3.05) is 6.61 Å². The van der Waals surface area contributed by atoms with Gasteiger partial charge in [0.25, 0.3) is 5.91 Å². The topological polar surface area (TPSA) is 62.1 Å². The van der Waals surface area contributed by atoms with Gasteiger partial charge in [-0.15, -0.1) is 0 Å². The highest BCUT2D eigenvalue weighted by molar-refractivity contribution is 5.94. The summed E-state index contributed by atoms with van der Waals surface area (Å²) >= 11 is 0. The number of nitrogens with one attached hydrogen (secondary N) is 1. The zero-order valence-corrected chi connectivity index (χ0v) is 15.6. The van der Waals surface area contributed by atoms with Crippen LogP contribution in [-0.2, 0) is 5.41 Å². The molecule has 1 N–H and O–H groups in total. The van der Waals surface area contributed by atoms with Gasteiger partial charge in [0.1, 0.15) is 5.75 Å². The Labute approximate surface area is 160 Å². The van der Waals surface area contributed by atoms with Crippen LogP contribution < -0.4 is 10.1 Å². The van der Waals surface area contributed by atoms with Crippen molar-refractivity contribution in [3.63, 3.8) is 0 Å². The molecule has 1 fully saturated rings. The average molecular weight is 360 g/mol. The maximum absolute atomic E-state index is 12.5. The van der Waals surface area contributed by atoms with Crippen molar-refractivity contribution in [3.8, 4) is 11.8 Å². The Bertz CT molecular complexity index is 874. The molecule has 1 amide bonds. The summed E-state index contributed by atoms with van der Waals surface area (Å²) in [4.78, 5) is 12.5. The van der Waals surface area contributed by atoms with Crippen LogP contribution in [0.5, 0.6) is 5.75 Å². The van der Waals surface area contributed by atoms with Crippen LogP contribution in [0.1, 0.15) is 54.1 Å². The second-order valence-corrected chi connectivity index (χ2v) is 7.85. The molecule has 1 aliphatic heterocycles. The third-order valence-electron chi connectivity index (χ3n) is 6.29. The van der Waals surface area contributed by atoms with Crippen molar-refractivity contribution in [1.29, 1.82) is 5.26 Å². The van der Waals surface area contributed by atoms with E-state index < -0.39 is 0 Å². The normalized spacial score (nSPS) is 24.5. The minimum absolute atomic E-state index is 0.0678. The number of rotatable bonds is 3. The number of hydrogen-bond acceptors (Lipinski definition) is 3. The molecule has 0 bridgehead atoms. The Hall–Kier alpha value is -2.80. The molecule has 4 nitrogen and oxygen atoms in total. The van der Waals surface area contributed by atoms with Crippen LogP contribution in [0, 0.1) is 17.2 Å². The number of benzene rings is 2. The fourth-order valence-corrected chi connectivity index (χ4v) is 4.53. The van der Waals surface area contributed by atoms with Gasteiger partial charge in [-0.05, 0) is 68.9 Å². The second-order valence-electron chi connectivity index (χ2n) is 7.85. The first kappa shape index (κ1) is 17.6. The number of nitriles is 1. The van der Waals surface area contributed by atoms with Crippen molar-refractivity contribution >= 4 is 5.91 Å². The Balaban J connectivity index is 1.37. The summed E-state index contributed by atoms with van der Waals surface area (Å²) in [6.07, 6.45) is 4.39. The number of fused-ring (bicyclic) bond motifs is 2. The number of ether oxygens (including phenoxy) is 1. The van der Waals surface area contributed by atoms with Crippen LogP contribution in [0.4, 0.5) is 0 Å². The van der Waals surface area contributed by atoms with Crippen molar-refractivity contribution in [2.24, 2.45) is 5.92 Å². The van der Waals surface area contributed by atoms with E-state index in [1.807, 2.05) is 6.07 Å². The summed E-state index contributed by atoms with van der Waals surface area (Å²) in [5, 5.41) is 12.0. The lowest BCUT2D eigenvalue weighted by Crippen LogP contribution is -2.42. The SMILES string of the molecule is CC(NC(=O)c1ccc(C#N)cc1)C1CCC2(CC1)COc1ccccc12. The molecule has 2 aliphatic rings. The van der Waals surface area contributed by atoms with Crippen LogP contribution >= 0.6 is 0 Å². The molecule has 4 heteroatoms. The summed E-state index contributed by atoms with van der Waals surface area (Å²) in [5.74, 6) is 1.45. The number of para-hydroxylation sites is 1. The first-order valence-electron chi connectivity index (χ1n) is 9.65. The molecular weight excluding hydrogens is 336 g/mol. The van der Waals surface area contributed by atoms with Gasteiger partial charge in [-0.2, -0.15) is 5.26 Å². The molecule has 138 valence electrons. The van der Waals surface area contributed by atoms with E-state index in [2.05, 4.69) is 36.5 Å². The fraction of sp³-hybridized carbons (Fsp3) is 0.391. The van der Waals surface area contributed by atoms with Gasteiger partial charge < -0.3 is 10.1 Å². The molecule has 1 spiro atoms. The highest BCUT2D eigenvalue weighted by Crippen LogP contribution is 2.49. The predicted octanol–water partition coefficient (Wildman–Crippen LogP) is 4.20. The Morgan fingerprint density at radius 2 is 1.89 bits per heavy atom. The highest BCUT2D eigenvalue weighted by Gasteiger charge is 2.44. The Kier molecular flexibility index (Phi) is 4.61. The number of carbonyl (C=O) groups excluding carboxylic acids is 1. The summed E-state index contributed by atoms with van der Waals surface area (Å²) in [5.41, 5.74) is 2.68. The third kappa shape index (κ3) is 3.30. The minimum atomic E-state index is -0.0678. The molecule has 1 heterocycles. The molecule has 0 saturated heterocycles. The number of carbonyl (C=O) groups is 1. The van der Waals surface area contributed by atoms with E-state index >= 15 is 0 Å². The zero-order chi connectivity index (χ0) is 18.9. The van der Waals surface area contributed by atoms with Gasteiger partial charge in [0.2, 0.25) is 0 Å². The Morgan fingerprint density at radius 1 is 1.19 bits per heavy atom. The van der Waals surface area contributed by atoms with Gasteiger partial charge in [-0.1, -0.05) is 18.2 Å². The standard InChI is InChI=1S/C23H24N2O2/c1-16(25-22(26)19-8-6-17(14-24)7-9-19)18-10-12-23(13-11-18)15-27-21-5-3-2-4-20(21)23/h2-9,16,18H,10-13,15H2,1H3,(H,25,26). The van der Waals surface area contributed by atoms with Crippen molar-refractivity contribution in [2.45, 2.75) is 44.1 Å². The quantitative estimate of drug-likeness (QED) is 0.892. The summed E-state index contributed by atoms with van der Waals surface area (Å²) in [6.45, 7) is 2.88. The third-order valence-corrected chi connectivity index (χ3v) is 6.29. The lowest BCUT2D eigenvalue weighted by atomic mass is 9.66. The van der Waals surface area contributed by atoms with E-state index in [4.69, 9.17) is 10.00 Å². The van der Waals surface area contributed by atoms with E-state index in [-0.39, 0.29) is 17.4 Å². The Morgan fingerprint density at radius 3 is 2.59 bits per heavy atom. The van der Waals surface area contributed by atoms with Crippen LogP contribution in [0.15, 0.2) is 48.5 Å². The van der Waals surface area contributed by atoms with Crippen LogP contribution in [0.2, 0.25) is 0 Å². The van der Waals surface area contributed by atoms with E-state index in [9.17, 15) is 4.79 Å². The van der Waals surface area contributed by atoms with Crippen molar-refractivity contribution in [3.05, 3.63) is 65.2 Å². The first-order chi connectivity index (χ1) is 13.1. The monoisotopic (exact) mass is 360 g/mol. The summed E-state index contributed by atoms with van der Waals surface area (Å²) in [6, 6.07) is 17.4. The highest BCUT2D eigenvalue weighted by atomic mass is 16.5. The zero-order valence-electron chi connectivity index (χ0n) is 15.6. The summed E-state index contributed by atoms with van der Waals surface area (Å²) < 4.78 is 5.94. The van der Waals surface area contributed by atoms with E-state index in [0.717, 1.165) is 38.0 Å². The van der Waals surface area contributed by atoms with Gasteiger partial charge >= 0.3 is 0 Å². The van der Waals surface area contributed by atoms with Crippen LogP contribution in [0.25, 0.3) is 0 Å².